The molecule has 0 spiro atoms. The van der Waals surface area contributed by atoms with Crippen LogP contribution in [-0.4, -0.2) is 14.1 Å². The second-order valence-corrected chi connectivity index (χ2v) is 21.9. The maximum atomic E-state index is 6.75. The van der Waals surface area contributed by atoms with Gasteiger partial charge in [0.05, 0.1) is 11.0 Å². The number of pyridine rings is 1. The van der Waals surface area contributed by atoms with Crippen molar-refractivity contribution in [1.29, 1.82) is 0 Å². The molecular weight excluding hydrogens is 1110 g/mol. The van der Waals surface area contributed by atoms with E-state index < -0.39 is 0 Å². The van der Waals surface area contributed by atoms with Crippen LogP contribution in [0.25, 0.3) is 77.4 Å². The largest absolute Gasteiger partial charge is 0.509 e. The van der Waals surface area contributed by atoms with Gasteiger partial charge in [-0.1, -0.05) is 156 Å². The molecule has 9 aromatic carbocycles. The Kier molecular flexibility index (Phi) is 12.1. The fourth-order valence-corrected chi connectivity index (χ4v) is 10.9. The molecule has 0 radical (unpaired) electrons. The molecule has 0 atom stereocenters. The van der Waals surface area contributed by atoms with Gasteiger partial charge in [-0.05, 0) is 117 Å². The molecule has 0 N–H and O–H groups in total. The second kappa shape index (κ2) is 18.9. The Morgan fingerprint density at radius 3 is 1.74 bits per heavy atom. The summed E-state index contributed by atoms with van der Waals surface area (Å²) in [6, 6.07) is 78.7. The van der Waals surface area contributed by atoms with Gasteiger partial charge in [0.2, 0.25) is 0 Å². The summed E-state index contributed by atoms with van der Waals surface area (Å²) < 4.78 is 11.3. The van der Waals surface area contributed by atoms with E-state index >= 15 is 0 Å². The maximum Gasteiger partial charge on any atom is 0.135 e. The summed E-state index contributed by atoms with van der Waals surface area (Å²) in [4.78, 5) is 9.76. The number of aryl methyl sites for hydroxylation is 1. The fourth-order valence-electron chi connectivity index (χ4n) is 10.9. The van der Waals surface area contributed by atoms with Crippen LogP contribution >= 0.6 is 0 Å². The van der Waals surface area contributed by atoms with Gasteiger partial charge in [-0.3, -0.25) is 0 Å². The number of ether oxygens (including phenoxy) is 1. The third-order valence-corrected chi connectivity index (χ3v) is 14.9. The van der Waals surface area contributed by atoms with Crippen molar-refractivity contribution in [3.63, 3.8) is 0 Å². The Morgan fingerprint density at radius 2 is 1.07 bits per heavy atom. The van der Waals surface area contributed by atoms with Gasteiger partial charge in [0, 0.05) is 83.4 Å². The summed E-state index contributed by atoms with van der Waals surface area (Å²) in [6.07, 6.45) is 2.01. The summed E-state index contributed by atoms with van der Waals surface area (Å²) in [7, 11) is 0. The first kappa shape index (κ1) is 48.7. The minimum atomic E-state index is -0.0398. The Hall–Kier alpha value is -8.18. The van der Waals surface area contributed by atoms with Crippen molar-refractivity contribution in [2.24, 2.45) is 0 Å². The first-order chi connectivity index (χ1) is 36.3. The predicted molar refractivity (Wildman–Crippen MR) is 312 cm³/mol. The molecule has 0 bridgehead atoms. The molecule has 0 aliphatic carbocycles. The molecule has 376 valence electrons. The number of aromatic nitrogens is 3. The van der Waals surface area contributed by atoms with Crippen LogP contribution in [0.1, 0.15) is 58.2 Å². The SMILES string of the molecule is Cc1cc(-n2c3[c-]c(Oc4[c-]c(N5[CH-]N(c6cc(C(C)(C)C)cc(C(C)(C)C)c6)c6cc(-c7ccccc7)ccc65)ccc4)ccc3c3ccccc32)ncc1-c1cccc(-n2c3ccccc3c3ccccc32)c1.[Pt]. The molecule has 4 heterocycles. The van der Waals surface area contributed by atoms with E-state index in [1.807, 2.05) is 24.4 Å². The average molecular weight is 1170 g/mol. The topological polar surface area (TPSA) is 38.5 Å². The number of hydrogen-bond acceptors (Lipinski definition) is 4. The Bertz CT molecular complexity index is 4110. The van der Waals surface area contributed by atoms with Crippen LogP contribution in [0.4, 0.5) is 22.7 Å². The standard InChI is InChI=1S/C69H56N5O.Pt/c1-45-35-67(70-43-60(45)48-21-17-23-52(36-48)73-61-28-14-11-25-56(61)57-26-12-15-29-62(57)73)74-63-30-16-13-27-58(63)59-33-32-55(42-65(59)74)75-54-24-18-22-51(41-54)71-44-72(53-39-49(68(2,3)4)38-50(40-53)69(5,6)7)66-37-47(31-34-64(66)71)46-19-9-8-10-20-46;/h8-40,43-44H,1-7H3;/q-3;. The molecular formula is C69H56N5OPt-3. The minimum absolute atomic E-state index is 0. The van der Waals surface area contributed by atoms with Crippen LogP contribution < -0.4 is 14.5 Å². The van der Waals surface area contributed by atoms with Crippen molar-refractivity contribution in [2.45, 2.75) is 59.3 Å². The molecule has 7 heteroatoms. The fraction of sp³-hybridized carbons (Fsp3) is 0.130. The molecule has 3 aromatic heterocycles. The average Bonchev–Trinajstić information content (AvgIpc) is 4.08. The smallest absolute Gasteiger partial charge is 0.135 e. The number of benzene rings is 9. The van der Waals surface area contributed by atoms with E-state index in [0.29, 0.717) is 11.5 Å². The van der Waals surface area contributed by atoms with Crippen molar-refractivity contribution < 1.29 is 25.8 Å². The van der Waals surface area contributed by atoms with Crippen LogP contribution in [0.2, 0.25) is 0 Å². The number of para-hydroxylation sites is 3. The summed E-state index contributed by atoms with van der Waals surface area (Å²) in [6.45, 7) is 18.1. The summed E-state index contributed by atoms with van der Waals surface area (Å²) in [5.74, 6) is 1.99. The second-order valence-electron chi connectivity index (χ2n) is 21.9. The van der Waals surface area contributed by atoms with E-state index in [2.05, 4.69) is 268 Å². The van der Waals surface area contributed by atoms with Crippen molar-refractivity contribution in [1.82, 2.24) is 14.1 Å². The third-order valence-electron chi connectivity index (χ3n) is 14.9. The first-order valence-electron chi connectivity index (χ1n) is 25.8. The molecule has 0 amide bonds. The van der Waals surface area contributed by atoms with E-state index in [1.165, 1.54) is 38.5 Å². The number of anilines is 4. The minimum Gasteiger partial charge on any atom is -0.509 e. The van der Waals surface area contributed by atoms with Crippen molar-refractivity contribution in [3.8, 4) is 45.3 Å². The van der Waals surface area contributed by atoms with Crippen LogP contribution in [0, 0.1) is 25.7 Å². The van der Waals surface area contributed by atoms with Crippen LogP contribution in [0.15, 0.2) is 206 Å². The van der Waals surface area contributed by atoms with E-state index in [9.17, 15) is 0 Å². The number of rotatable bonds is 8. The summed E-state index contributed by atoms with van der Waals surface area (Å²) in [5.41, 5.74) is 17.7. The molecule has 13 rings (SSSR count). The number of hydrogen-bond donors (Lipinski definition) is 0. The zero-order chi connectivity index (χ0) is 51.2. The van der Waals surface area contributed by atoms with Gasteiger partial charge >= 0.3 is 0 Å². The zero-order valence-electron chi connectivity index (χ0n) is 43.7. The molecule has 0 fully saturated rings. The monoisotopic (exact) mass is 1170 g/mol. The van der Waals surface area contributed by atoms with Crippen molar-refractivity contribution >= 4 is 66.4 Å². The molecule has 0 saturated heterocycles. The first-order valence-corrected chi connectivity index (χ1v) is 25.8. The van der Waals surface area contributed by atoms with E-state index in [0.717, 1.165) is 78.3 Å². The van der Waals surface area contributed by atoms with Gasteiger partial charge in [0.15, 0.2) is 0 Å². The van der Waals surface area contributed by atoms with Crippen LogP contribution in [-0.2, 0) is 31.9 Å². The Morgan fingerprint density at radius 1 is 0.461 bits per heavy atom. The maximum absolute atomic E-state index is 6.75. The molecule has 6 nitrogen and oxygen atoms in total. The summed E-state index contributed by atoms with van der Waals surface area (Å²) >= 11 is 0. The molecule has 76 heavy (non-hydrogen) atoms. The molecule has 1 aliphatic heterocycles. The van der Waals surface area contributed by atoms with Gasteiger partial charge in [0.25, 0.3) is 0 Å². The predicted octanol–water partition coefficient (Wildman–Crippen LogP) is 18.3. The van der Waals surface area contributed by atoms with Crippen molar-refractivity contribution in [3.05, 3.63) is 242 Å². The van der Waals surface area contributed by atoms with Gasteiger partial charge < -0.3 is 23.7 Å². The molecule has 0 unspecified atom stereocenters. The van der Waals surface area contributed by atoms with Crippen LogP contribution in [0.5, 0.6) is 11.5 Å². The number of nitrogens with zero attached hydrogens (tertiary/aromatic N) is 5. The van der Waals surface area contributed by atoms with E-state index in [1.54, 1.807) is 0 Å². The van der Waals surface area contributed by atoms with Crippen LogP contribution in [0.3, 0.4) is 0 Å². The van der Waals surface area contributed by atoms with Gasteiger partial charge in [-0.25, -0.2) is 4.98 Å². The Labute approximate surface area is 459 Å². The zero-order valence-corrected chi connectivity index (χ0v) is 45.9. The molecule has 12 aromatic rings. The quantitative estimate of drug-likeness (QED) is 0.142. The normalized spacial score (nSPS) is 12.7. The molecule has 1 aliphatic rings. The van der Waals surface area contributed by atoms with E-state index in [4.69, 9.17) is 9.72 Å². The Balaban J connectivity index is 0.00000582. The summed E-state index contributed by atoms with van der Waals surface area (Å²) in [5, 5.41) is 4.68. The van der Waals surface area contributed by atoms with Gasteiger partial charge in [0.1, 0.15) is 5.82 Å². The van der Waals surface area contributed by atoms with Gasteiger partial charge in [-0.2, -0.15) is 12.1 Å². The van der Waals surface area contributed by atoms with Crippen molar-refractivity contribution in [2.75, 3.05) is 9.80 Å². The van der Waals surface area contributed by atoms with Gasteiger partial charge in [-0.15, -0.1) is 48.1 Å². The third kappa shape index (κ3) is 8.55. The number of fused-ring (bicyclic) bond motifs is 7. The van der Waals surface area contributed by atoms with E-state index in [-0.39, 0.29) is 31.9 Å². The molecule has 0 saturated carbocycles.